The number of hydrogen-bond acceptors (Lipinski definition) is 1. The zero-order chi connectivity index (χ0) is 13.2. The molecule has 1 N–H and O–H groups in total. The molecule has 0 saturated carbocycles. The summed E-state index contributed by atoms with van der Waals surface area (Å²) in [6, 6.07) is 4.51. The molecule has 0 unspecified atom stereocenters. The van der Waals surface area contributed by atoms with Gasteiger partial charge in [0, 0.05) is 0 Å². The molecule has 0 fully saturated rings. The molecule has 0 aliphatic heterocycles. The van der Waals surface area contributed by atoms with E-state index in [2.05, 4.69) is 53.7 Å². The van der Waals surface area contributed by atoms with Crippen molar-refractivity contribution >= 4 is 0 Å². The normalized spacial score (nSPS) is 11.9. The zero-order valence-electron chi connectivity index (χ0n) is 12.0. The van der Waals surface area contributed by atoms with Crippen molar-refractivity contribution in [2.45, 2.75) is 65.9 Å². The molecule has 0 atom stereocenters. The third-order valence-electron chi connectivity index (χ3n) is 3.38. The van der Waals surface area contributed by atoms with Crippen molar-refractivity contribution < 1.29 is 5.11 Å². The second-order valence-electron chi connectivity index (χ2n) is 5.80. The van der Waals surface area contributed by atoms with E-state index in [1.807, 2.05) is 0 Å². The molecule has 0 heterocycles. The Morgan fingerprint density at radius 1 is 0.765 bits per heavy atom. The second-order valence-corrected chi connectivity index (χ2v) is 5.80. The quantitative estimate of drug-likeness (QED) is 0.810. The predicted octanol–water partition coefficient (Wildman–Crippen LogP) is 4.55. The van der Waals surface area contributed by atoms with E-state index >= 15 is 0 Å². The Kier molecular flexibility index (Phi) is 4.76. The zero-order valence-corrected chi connectivity index (χ0v) is 12.0. The molecule has 17 heavy (non-hydrogen) atoms. The number of aliphatic hydroxyl groups is 1. The van der Waals surface area contributed by atoms with Gasteiger partial charge in [-0.2, -0.15) is 0 Å². The van der Waals surface area contributed by atoms with E-state index in [-0.39, 0.29) is 6.61 Å². The lowest BCUT2D eigenvalue weighted by Crippen LogP contribution is -2.05. The molecule has 1 heteroatoms. The fourth-order valence-electron chi connectivity index (χ4n) is 2.37. The van der Waals surface area contributed by atoms with Crippen LogP contribution < -0.4 is 0 Å². The summed E-state index contributed by atoms with van der Waals surface area (Å²) >= 11 is 0. The van der Waals surface area contributed by atoms with E-state index in [0.29, 0.717) is 17.8 Å². The number of aliphatic hydroxyl groups excluding tert-OH is 1. The van der Waals surface area contributed by atoms with Crippen LogP contribution in [0.2, 0.25) is 0 Å². The van der Waals surface area contributed by atoms with E-state index in [9.17, 15) is 5.11 Å². The van der Waals surface area contributed by atoms with Crippen molar-refractivity contribution in [1.82, 2.24) is 0 Å². The standard InChI is InChI=1S/C16H26O/c1-10(2)14-8-16(12(5)6)15(11(3)4)7-13(14)9-17/h7-8,10-12,17H,9H2,1-6H3. The van der Waals surface area contributed by atoms with Gasteiger partial charge in [-0.15, -0.1) is 0 Å². The minimum atomic E-state index is 0.144. The van der Waals surface area contributed by atoms with E-state index in [4.69, 9.17) is 0 Å². The highest BCUT2D eigenvalue weighted by atomic mass is 16.3. The Balaban J connectivity index is 3.42. The minimum Gasteiger partial charge on any atom is -0.392 e. The molecule has 1 nitrogen and oxygen atoms in total. The Hall–Kier alpha value is -0.820. The Morgan fingerprint density at radius 3 is 1.53 bits per heavy atom. The van der Waals surface area contributed by atoms with Crippen LogP contribution in [0.5, 0.6) is 0 Å². The van der Waals surface area contributed by atoms with Crippen LogP contribution in [-0.2, 0) is 6.61 Å². The highest BCUT2D eigenvalue weighted by Crippen LogP contribution is 2.32. The van der Waals surface area contributed by atoms with Crippen LogP contribution in [0.4, 0.5) is 0 Å². The molecule has 1 aromatic rings. The summed E-state index contributed by atoms with van der Waals surface area (Å²) in [5.41, 5.74) is 5.20. The monoisotopic (exact) mass is 234 g/mol. The SMILES string of the molecule is CC(C)c1cc(C(C)C)c(C(C)C)cc1CO. The molecule has 0 spiro atoms. The topological polar surface area (TPSA) is 20.2 Å². The summed E-state index contributed by atoms with van der Waals surface area (Å²) in [4.78, 5) is 0. The van der Waals surface area contributed by atoms with Crippen LogP contribution in [0.1, 0.15) is 81.5 Å². The number of rotatable bonds is 4. The highest BCUT2D eigenvalue weighted by molar-refractivity contribution is 5.42. The van der Waals surface area contributed by atoms with Crippen molar-refractivity contribution in [2.24, 2.45) is 0 Å². The maximum absolute atomic E-state index is 9.50. The summed E-state index contributed by atoms with van der Waals surface area (Å²) < 4.78 is 0. The van der Waals surface area contributed by atoms with Crippen LogP contribution in [0.25, 0.3) is 0 Å². The third kappa shape index (κ3) is 3.10. The maximum Gasteiger partial charge on any atom is 0.0684 e. The molecule has 0 radical (unpaired) electrons. The molecule has 96 valence electrons. The van der Waals surface area contributed by atoms with Crippen molar-refractivity contribution in [2.75, 3.05) is 0 Å². The lowest BCUT2D eigenvalue weighted by molar-refractivity contribution is 0.280. The van der Waals surface area contributed by atoms with Gasteiger partial charge in [0.1, 0.15) is 0 Å². The summed E-state index contributed by atoms with van der Waals surface area (Å²) in [5.74, 6) is 1.52. The molecule has 0 amide bonds. The van der Waals surface area contributed by atoms with Gasteiger partial charge in [0.15, 0.2) is 0 Å². The van der Waals surface area contributed by atoms with Crippen LogP contribution in [0.3, 0.4) is 0 Å². The number of hydrogen-bond donors (Lipinski definition) is 1. The summed E-state index contributed by atoms with van der Waals surface area (Å²) in [5, 5.41) is 9.50. The third-order valence-corrected chi connectivity index (χ3v) is 3.38. The van der Waals surface area contributed by atoms with Crippen LogP contribution in [-0.4, -0.2) is 5.11 Å². The van der Waals surface area contributed by atoms with E-state index in [0.717, 1.165) is 5.56 Å². The van der Waals surface area contributed by atoms with E-state index in [1.54, 1.807) is 0 Å². The Bertz CT molecular complexity index is 375. The van der Waals surface area contributed by atoms with Gasteiger partial charge >= 0.3 is 0 Å². The van der Waals surface area contributed by atoms with Crippen molar-refractivity contribution in [1.29, 1.82) is 0 Å². The summed E-state index contributed by atoms with van der Waals surface area (Å²) in [6.45, 7) is 13.4. The first kappa shape index (κ1) is 14.2. The van der Waals surface area contributed by atoms with Crippen molar-refractivity contribution in [3.63, 3.8) is 0 Å². The molecule has 0 aliphatic carbocycles. The first-order valence-corrected chi connectivity index (χ1v) is 6.65. The van der Waals surface area contributed by atoms with Gasteiger partial charge in [-0.3, -0.25) is 0 Å². The van der Waals surface area contributed by atoms with Crippen molar-refractivity contribution in [3.05, 3.63) is 34.4 Å². The van der Waals surface area contributed by atoms with Gasteiger partial charge in [-0.25, -0.2) is 0 Å². The molecule has 0 saturated heterocycles. The first-order chi connectivity index (χ1) is 7.88. The average molecular weight is 234 g/mol. The van der Waals surface area contributed by atoms with Crippen LogP contribution >= 0.6 is 0 Å². The molecular weight excluding hydrogens is 208 g/mol. The van der Waals surface area contributed by atoms with Crippen LogP contribution in [0, 0.1) is 0 Å². The largest absolute Gasteiger partial charge is 0.392 e. The van der Waals surface area contributed by atoms with E-state index in [1.165, 1.54) is 16.7 Å². The molecule has 1 aromatic carbocycles. The second kappa shape index (κ2) is 5.68. The van der Waals surface area contributed by atoms with Gasteiger partial charge < -0.3 is 5.11 Å². The van der Waals surface area contributed by atoms with Gasteiger partial charge in [0.25, 0.3) is 0 Å². The molecule has 0 aromatic heterocycles. The summed E-state index contributed by atoms with van der Waals surface area (Å²) in [6.07, 6.45) is 0. The summed E-state index contributed by atoms with van der Waals surface area (Å²) in [7, 11) is 0. The van der Waals surface area contributed by atoms with Gasteiger partial charge in [-0.1, -0.05) is 53.7 Å². The fraction of sp³-hybridized carbons (Fsp3) is 0.625. The fourth-order valence-corrected chi connectivity index (χ4v) is 2.37. The molecular formula is C16H26O. The van der Waals surface area contributed by atoms with Gasteiger partial charge in [0.05, 0.1) is 6.61 Å². The van der Waals surface area contributed by atoms with Crippen LogP contribution in [0.15, 0.2) is 12.1 Å². The first-order valence-electron chi connectivity index (χ1n) is 6.65. The Morgan fingerprint density at radius 2 is 1.18 bits per heavy atom. The number of benzene rings is 1. The maximum atomic E-state index is 9.50. The lowest BCUT2D eigenvalue weighted by atomic mass is 9.84. The Labute approximate surface area is 106 Å². The van der Waals surface area contributed by atoms with Gasteiger partial charge in [0.2, 0.25) is 0 Å². The average Bonchev–Trinajstić information content (AvgIpc) is 2.26. The molecule has 0 bridgehead atoms. The van der Waals surface area contributed by atoms with Crippen molar-refractivity contribution in [3.8, 4) is 0 Å². The predicted molar refractivity (Wildman–Crippen MR) is 74.6 cm³/mol. The van der Waals surface area contributed by atoms with Gasteiger partial charge in [-0.05, 0) is 40.0 Å². The minimum absolute atomic E-state index is 0.144. The van der Waals surface area contributed by atoms with E-state index < -0.39 is 0 Å². The molecule has 0 aliphatic rings. The lowest BCUT2D eigenvalue weighted by Gasteiger charge is -2.21. The molecule has 1 rings (SSSR count). The smallest absolute Gasteiger partial charge is 0.0684 e. The highest BCUT2D eigenvalue weighted by Gasteiger charge is 2.15.